The van der Waals surface area contributed by atoms with Crippen LogP contribution in [0.2, 0.25) is 0 Å². The molecule has 5 aromatic carbocycles. The third kappa shape index (κ3) is 12.2. The minimum atomic E-state index is -0.707. The van der Waals surface area contributed by atoms with Crippen LogP contribution >= 0.6 is 0 Å². The van der Waals surface area contributed by atoms with Crippen LogP contribution in [0.25, 0.3) is 33.4 Å². The van der Waals surface area contributed by atoms with E-state index in [2.05, 4.69) is 19.9 Å². The van der Waals surface area contributed by atoms with E-state index in [9.17, 15) is 37.5 Å². The molecule has 6 heterocycles. The molecule has 14 nitrogen and oxygen atoms in total. The number of Topliss-reactive ketones (excluding diaryl/α,β-unsaturated/α-hetero) is 2. The minimum Gasteiger partial charge on any atom is -0.506 e. The van der Waals surface area contributed by atoms with Crippen LogP contribution in [0.5, 0.6) is 34.5 Å². The molecule has 0 bridgehead atoms. The molecule has 81 heavy (non-hydrogen) atoms. The van der Waals surface area contributed by atoms with Crippen molar-refractivity contribution in [1.82, 2.24) is 29.1 Å². The van der Waals surface area contributed by atoms with Crippen molar-refractivity contribution in [3.8, 4) is 45.9 Å². The summed E-state index contributed by atoms with van der Waals surface area (Å²) in [5.74, 6) is -2.37. The number of halogens is 4. The lowest BCUT2D eigenvalue weighted by Gasteiger charge is -2.12. The highest BCUT2D eigenvalue weighted by atomic mass is 19.1. The lowest BCUT2D eigenvalue weighted by atomic mass is 10.0. The Morgan fingerprint density at radius 2 is 0.963 bits per heavy atom. The molecule has 18 heteroatoms. The van der Waals surface area contributed by atoms with Crippen LogP contribution in [0.3, 0.4) is 0 Å². The number of aryl methyl sites for hydroxylation is 2. The first-order valence-electron chi connectivity index (χ1n) is 25.0. The number of ketones is 2. The van der Waals surface area contributed by atoms with Gasteiger partial charge >= 0.3 is 0 Å². The molecule has 0 saturated heterocycles. The summed E-state index contributed by atoms with van der Waals surface area (Å²) >= 11 is 0. The van der Waals surface area contributed by atoms with Crippen LogP contribution in [-0.2, 0) is 19.4 Å². The molecule has 11 rings (SSSR count). The molecule has 0 amide bonds. The Morgan fingerprint density at radius 1 is 0.494 bits per heavy atom. The molecule has 0 radical (unpaired) electrons. The van der Waals surface area contributed by atoms with Gasteiger partial charge in [0.1, 0.15) is 40.8 Å². The summed E-state index contributed by atoms with van der Waals surface area (Å²) in [5.41, 5.74) is 4.23. The van der Waals surface area contributed by atoms with E-state index in [1.54, 1.807) is 50.4 Å². The van der Waals surface area contributed by atoms with Gasteiger partial charge in [-0.3, -0.25) is 38.3 Å². The Hall–Kier alpha value is -10.6. The SMILES string of the molecule is Cc1ccc(C(=O)Cc2ccc(Oc3ccnc4cc(O)cnc34)c(F)c2)c(=O)n1-c1ccc(F)cc1.Cc1ccc(C(=O)Cc2ccc(Oc3ccnc4cc(OCc5ccccc5)cnc34)c(F)c2)c(=O)n1-c1ccc(F)cc1. The normalized spacial score (nSPS) is 11.0. The van der Waals surface area contributed by atoms with Gasteiger partial charge in [-0.15, -0.1) is 0 Å². The topological polar surface area (TPSA) is 178 Å². The van der Waals surface area contributed by atoms with E-state index in [1.807, 2.05) is 30.3 Å². The Morgan fingerprint density at radius 3 is 1.44 bits per heavy atom. The lowest BCUT2D eigenvalue weighted by molar-refractivity contribution is 0.0983. The van der Waals surface area contributed by atoms with E-state index in [-0.39, 0.29) is 47.0 Å². The van der Waals surface area contributed by atoms with Crippen molar-refractivity contribution < 1.29 is 46.5 Å². The Balaban J connectivity index is 0.000000185. The predicted molar refractivity (Wildman–Crippen MR) is 294 cm³/mol. The number of carbonyl (C=O) groups is 2. The molecule has 402 valence electrons. The van der Waals surface area contributed by atoms with Gasteiger partial charge < -0.3 is 19.3 Å². The monoisotopic (exact) mass is 1090 g/mol. The third-order valence-electron chi connectivity index (χ3n) is 12.8. The molecule has 0 aliphatic rings. The van der Waals surface area contributed by atoms with E-state index in [1.165, 1.54) is 131 Å². The Bertz CT molecular complexity index is 4310. The number of aromatic hydroxyl groups is 1. The average Bonchev–Trinajstić information content (AvgIpc) is 3.48. The Kier molecular flexibility index (Phi) is 15.6. The maximum atomic E-state index is 15.2. The minimum absolute atomic E-state index is 0.0536. The molecule has 0 fully saturated rings. The van der Waals surface area contributed by atoms with Crippen LogP contribution < -0.4 is 25.3 Å². The zero-order valence-electron chi connectivity index (χ0n) is 43.0. The molecule has 0 saturated carbocycles. The fraction of sp³-hybridized carbons (Fsp3) is 0.0794. The van der Waals surface area contributed by atoms with Crippen molar-refractivity contribution in [2.75, 3.05) is 0 Å². The zero-order valence-corrected chi connectivity index (χ0v) is 43.0. The number of nitrogens with zero attached hydrogens (tertiary/aromatic N) is 6. The molecule has 0 spiro atoms. The van der Waals surface area contributed by atoms with Crippen LogP contribution in [-0.4, -0.2) is 45.7 Å². The average molecular weight is 1090 g/mol. The van der Waals surface area contributed by atoms with Gasteiger partial charge in [0.2, 0.25) is 0 Å². The summed E-state index contributed by atoms with van der Waals surface area (Å²) < 4.78 is 76.9. The predicted octanol–water partition coefficient (Wildman–Crippen LogP) is 12.5. The Labute approximate surface area is 458 Å². The number of benzene rings is 5. The highest BCUT2D eigenvalue weighted by molar-refractivity contribution is 5.98. The van der Waals surface area contributed by atoms with Crippen LogP contribution in [0.4, 0.5) is 17.6 Å². The molecular weight excluding hydrogens is 1040 g/mol. The van der Waals surface area contributed by atoms with Gasteiger partial charge in [-0.25, -0.2) is 27.5 Å². The van der Waals surface area contributed by atoms with E-state index in [4.69, 9.17) is 14.2 Å². The highest BCUT2D eigenvalue weighted by Crippen LogP contribution is 2.33. The van der Waals surface area contributed by atoms with Gasteiger partial charge in [0.05, 0.1) is 34.6 Å². The van der Waals surface area contributed by atoms with Gasteiger partial charge in [-0.1, -0.05) is 42.5 Å². The zero-order chi connectivity index (χ0) is 56.7. The number of aromatic nitrogens is 6. The van der Waals surface area contributed by atoms with E-state index in [0.717, 1.165) is 5.56 Å². The molecule has 0 atom stereocenters. The fourth-order valence-electron chi connectivity index (χ4n) is 8.75. The van der Waals surface area contributed by atoms with Crippen LogP contribution in [0.1, 0.15) is 48.8 Å². The summed E-state index contributed by atoms with van der Waals surface area (Å²) in [4.78, 5) is 69.4. The molecule has 0 unspecified atom stereocenters. The van der Waals surface area contributed by atoms with E-state index >= 15 is 4.39 Å². The molecule has 1 N–H and O–H groups in total. The number of hydrogen-bond acceptors (Lipinski definition) is 12. The fourth-order valence-corrected chi connectivity index (χ4v) is 8.75. The van der Waals surface area contributed by atoms with Gasteiger partial charge in [0.15, 0.2) is 46.2 Å². The standard InChI is InChI=1S/C35H25F2N3O4.C28H19F2N3O4/c1-22-7-13-28(35(42)40(22)26-11-9-25(36)10-12-26)31(41)18-24-8-14-32(29(37)17-24)44-33-15-16-38-30-19-27(20-39-34(30)33)43-21-23-5-3-2-4-6-23;1-16-2-8-21(28(36)33(16)19-6-4-18(29)5-7-19)24(35)13-17-3-9-25(22(30)12-17)37-26-10-11-31-23-14-20(34)15-32-27(23)26/h2-17,19-20H,18,21H2,1H3;2-12,14-15,34H,13H2,1H3. The summed E-state index contributed by atoms with van der Waals surface area (Å²) in [7, 11) is 0. The number of ether oxygens (including phenoxy) is 3. The van der Waals surface area contributed by atoms with Crippen LogP contribution in [0.15, 0.2) is 198 Å². The van der Waals surface area contributed by atoms with Gasteiger partial charge in [-0.05, 0) is 128 Å². The largest absolute Gasteiger partial charge is 0.506 e. The smallest absolute Gasteiger partial charge is 0.266 e. The van der Waals surface area contributed by atoms with Crippen molar-refractivity contribution in [1.29, 1.82) is 0 Å². The first kappa shape index (κ1) is 53.8. The number of fused-ring (bicyclic) bond motifs is 2. The highest BCUT2D eigenvalue weighted by Gasteiger charge is 2.20. The third-order valence-corrected chi connectivity index (χ3v) is 12.8. The summed E-state index contributed by atoms with van der Waals surface area (Å²) in [5, 5.41) is 9.59. The van der Waals surface area contributed by atoms with Crippen molar-refractivity contribution in [2.24, 2.45) is 0 Å². The summed E-state index contributed by atoms with van der Waals surface area (Å²) in [6.45, 7) is 3.79. The van der Waals surface area contributed by atoms with Crippen molar-refractivity contribution >= 4 is 33.6 Å². The molecular formula is C63H44F4N6O8. The molecule has 0 aliphatic carbocycles. The van der Waals surface area contributed by atoms with Crippen molar-refractivity contribution in [3.05, 3.63) is 272 Å². The second-order valence-electron chi connectivity index (χ2n) is 18.4. The second kappa shape index (κ2) is 23.5. The second-order valence-corrected chi connectivity index (χ2v) is 18.4. The first-order chi connectivity index (χ1) is 39.1. The number of carbonyl (C=O) groups excluding carboxylic acids is 2. The number of rotatable bonds is 15. The quantitative estimate of drug-likeness (QED) is 0.0760. The summed E-state index contributed by atoms with van der Waals surface area (Å²) in [6.07, 6.45) is 5.36. The number of pyridine rings is 6. The molecule has 0 aliphatic heterocycles. The van der Waals surface area contributed by atoms with Gasteiger partial charge in [-0.2, -0.15) is 0 Å². The lowest BCUT2D eigenvalue weighted by Crippen LogP contribution is -2.27. The van der Waals surface area contributed by atoms with Crippen LogP contribution in [0, 0.1) is 37.1 Å². The van der Waals surface area contributed by atoms with Gasteiger partial charge in [0, 0.05) is 72.3 Å². The van der Waals surface area contributed by atoms with Crippen molar-refractivity contribution in [3.63, 3.8) is 0 Å². The van der Waals surface area contributed by atoms with E-state index < -0.39 is 46.0 Å². The first-order valence-corrected chi connectivity index (χ1v) is 25.0. The van der Waals surface area contributed by atoms with Gasteiger partial charge in [0.25, 0.3) is 11.1 Å². The summed E-state index contributed by atoms with van der Waals surface area (Å²) in [6, 6.07) is 41.2. The number of hydrogen-bond donors (Lipinski definition) is 1. The maximum Gasteiger partial charge on any atom is 0.266 e. The molecule has 11 aromatic rings. The van der Waals surface area contributed by atoms with E-state index in [0.29, 0.717) is 74.1 Å². The molecule has 6 aromatic heterocycles. The maximum absolute atomic E-state index is 15.2. The van der Waals surface area contributed by atoms with Crippen molar-refractivity contribution in [2.45, 2.75) is 33.3 Å².